The second kappa shape index (κ2) is 4.50. The summed E-state index contributed by atoms with van der Waals surface area (Å²) in [6, 6.07) is 11.5. The zero-order valence-electron chi connectivity index (χ0n) is 10.8. The maximum absolute atomic E-state index is 12.4. The number of benzene rings is 2. The summed E-state index contributed by atoms with van der Waals surface area (Å²) in [6.07, 6.45) is 1.34. The van der Waals surface area contributed by atoms with E-state index >= 15 is 0 Å². The molecule has 1 heterocycles. The standard InChI is InChI=1S/C16H15NO2/c1-2-5-12(18)10-17-14-9-4-7-11-6-3-8-13(15(11)14)16(17)19/h3-4,6-9H,2,5,10H2,1H3. The molecule has 0 bridgehead atoms. The Bertz CT molecular complexity index is 670. The molecule has 3 nitrogen and oxygen atoms in total. The molecular weight excluding hydrogens is 238 g/mol. The van der Waals surface area contributed by atoms with E-state index in [4.69, 9.17) is 0 Å². The Morgan fingerprint density at radius 1 is 1.16 bits per heavy atom. The molecule has 1 amide bonds. The van der Waals surface area contributed by atoms with E-state index in [1.54, 1.807) is 4.90 Å². The Balaban J connectivity index is 2.05. The van der Waals surface area contributed by atoms with E-state index in [2.05, 4.69) is 0 Å². The van der Waals surface area contributed by atoms with Gasteiger partial charge in [-0.1, -0.05) is 31.2 Å². The van der Waals surface area contributed by atoms with Gasteiger partial charge in [-0.2, -0.15) is 0 Å². The molecule has 0 aromatic heterocycles. The Morgan fingerprint density at radius 2 is 1.89 bits per heavy atom. The van der Waals surface area contributed by atoms with Crippen LogP contribution < -0.4 is 4.90 Å². The molecule has 1 aliphatic rings. The van der Waals surface area contributed by atoms with Crippen molar-refractivity contribution in [3.05, 3.63) is 42.0 Å². The van der Waals surface area contributed by atoms with Gasteiger partial charge in [0.15, 0.2) is 5.78 Å². The van der Waals surface area contributed by atoms with Crippen LogP contribution in [-0.4, -0.2) is 18.2 Å². The molecule has 0 aliphatic carbocycles. The lowest BCUT2D eigenvalue weighted by Gasteiger charge is -2.16. The highest BCUT2D eigenvalue weighted by Gasteiger charge is 2.30. The lowest BCUT2D eigenvalue weighted by atomic mass is 10.1. The third-order valence-electron chi connectivity index (χ3n) is 3.51. The Kier molecular flexibility index (Phi) is 2.82. The Hall–Kier alpha value is -2.16. The molecule has 2 aromatic carbocycles. The molecule has 96 valence electrons. The largest absolute Gasteiger partial charge is 0.300 e. The molecule has 19 heavy (non-hydrogen) atoms. The number of carbonyl (C=O) groups is 2. The minimum absolute atomic E-state index is 0.0590. The highest BCUT2D eigenvalue weighted by atomic mass is 16.2. The van der Waals surface area contributed by atoms with Crippen LogP contribution in [0.3, 0.4) is 0 Å². The van der Waals surface area contributed by atoms with Gasteiger partial charge in [0.25, 0.3) is 5.91 Å². The number of hydrogen-bond donors (Lipinski definition) is 0. The summed E-state index contributed by atoms with van der Waals surface area (Å²) in [7, 11) is 0. The molecule has 3 heteroatoms. The normalized spacial score (nSPS) is 13.3. The van der Waals surface area contributed by atoms with E-state index in [0.717, 1.165) is 22.9 Å². The smallest absolute Gasteiger partial charge is 0.259 e. The SMILES string of the molecule is CCCC(=O)CN1C(=O)c2cccc3cccc1c23. The Labute approximate surface area is 111 Å². The fraction of sp³-hybridized carbons (Fsp3) is 0.250. The second-order valence-electron chi connectivity index (χ2n) is 4.86. The second-order valence-corrected chi connectivity index (χ2v) is 4.86. The maximum Gasteiger partial charge on any atom is 0.259 e. The minimum Gasteiger partial charge on any atom is -0.300 e. The topological polar surface area (TPSA) is 37.4 Å². The molecule has 0 atom stereocenters. The van der Waals surface area contributed by atoms with E-state index in [-0.39, 0.29) is 18.2 Å². The third kappa shape index (κ3) is 1.82. The molecule has 3 rings (SSSR count). The van der Waals surface area contributed by atoms with Crippen LogP contribution in [0, 0.1) is 0 Å². The third-order valence-corrected chi connectivity index (χ3v) is 3.51. The summed E-state index contributed by atoms with van der Waals surface area (Å²) in [5.41, 5.74) is 1.57. The van der Waals surface area contributed by atoms with Crippen molar-refractivity contribution in [3.63, 3.8) is 0 Å². The molecule has 0 saturated carbocycles. The molecule has 0 spiro atoms. The van der Waals surface area contributed by atoms with Crippen LogP contribution in [0.4, 0.5) is 5.69 Å². The van der Waals surface area contributed by atoms with E-state index < -0.39 is 0 Å². The van der Waals surface area contributed by atoms with Crippen molar-refractivity contribution in [2.75, 3.05) is 11.4 Å². The van der Waals surface area contributed by atoms with Crippen LogP contribution in [0.1, 0.15) is 30.1 Å². The summed E-state index contributed by atoms with van der Waals surface area (Å²) in [4.78, 5) is 25.8. The van der Waals surface area contributed by atoms with Crippen LogP contribution in [0.5, 0.6) is 0 Å². The molecule has 0 fully saturated rings. The predicted octanol–water partition coefficient (Wildman–Crippen LogP) is 3.17. The number of amides is 1. The summed E-state index contributed by atoms with van der Waals surface area (Å²) in [5.74, 6) is 0.0527. The number of nitrogens with zero attached hydrogens (tertiary/aromatic N) is 1. The predicted molar refractivity (Wildman–Crippen MR) is 75.5 cm³/mol. The van der Waals surface area contributed by atoms with E-state index in [9.17, 15) is 9.59 Å². The number of Topliss-reactive ketones (excluding diaryl/α,β-unsaturated/α-hetero) is 1. The highest BCUT2D eigenvalue weighted by molar-refractivity contribution is 6.26. The van der Waals surface area contributed by atoms with Gasteiger partial charge in [-0.25, -0.2) is 0 Å². The van der Waals surface area contributed by atoms with Crippen LogP contribution >= 0.6 is 0 Å². The number of anilines is 1. The summed E-state index contributed by atoms with van der Waals surface area (Å²) < 4.78 is 0. The molecule has 0 radical (unpaired) electrons. The van der Waals surface area contributed by atoms with Crippen LogP contribution in [0.25, 0.3) is 10.8 Å². The van der Waals surface area contributed by atoms with Gasteiger partial charge in [0.05, 0.1) is 12.2 Å². The van der Waals surface area contributed by atoms with Gasteiger partial charge >= 0.3 is 0 Å². The summed E-state index contributed by atoms with van der Waals surface area (Å²) in [5, 5.41) is 2.02. The first-order valence-electron chi connectivity index (χ1n) is 6.57. The van der Waals surface area contributed by atoms with Crippen molar-refractivity contribution in [2.24, 2.45) is 0 Å². The average molecular weight is 253 g/mol. The molecule has 2 aromatic rings. The van der Waals surface area contributed by atoms with Crippen LogP contribution in [-0.2, 0) is 4.79 Å². The molecule has 0 saturated heterocycles. The van der Waals surface area contributed by atoms with Crippen molar-refractivity contribution in [2.45, 2.75) is 19.8 Å². The van der Waals surface area contributed by atoms with Gasteiger partial charge in [0.1, 0.15) is 0 Å². The molecule has 0 unspecified atom stereocenters. The number of rotatable bonds is 4. The van der Waals surface area contributed by atoms with Crippen molar-refractivity contribution in [1.82, 2.24) is 0 Å². The zero-order chi connectivity index (χ0) is 13.4. The monoisotopic (exact) mass is 253 g/mol. The number of ketones is 1. The van der Waals surface area contributed by atoms with E-state index in [1.807, 2.05) is 43.3 Å². The fourth-order valence-corrected chi connectivity index (χ4v) is 2.67. The zero-order valence-corrected chi connectivity index (χ0v) is 10.8. The van der Waals surface area contributed by atoms with Gasteiger partial charge in [0.2, 0.25) is 0 Å². The lowest BCUT2D eigenvalue weighted by Crippen LogP contribution is -2.32. The van der Waals surface area contributed by atoms with Gasteiger partial charge in [-0.05, 0) is 23.9 Å². The molecule has 1 aliphatic heterocycles. The summed E-state index contributed by atoms with van der Waals surface area (Å²) in [6.45, 7) is 2.15. The van der Waals surface area contributed by atoms with E-state index in [0.29, 0.717) is 12.0 Å². The van der Waals surface area contributed by atoms with Crippen LogP contribution in [0.2, 0.25) is 0 Å². The van der Waals surface area contributed by atoms with Crippen molar-refractivity contribution in [1.29, 1.82) is 0 Å². The van der Waals surface area contributed by atoms with Crippen molar-refractivity contribution < 1.29 is 9.59 Å². The number of hydrogen-bond acceptors (Lipinski definition) is 2. The fourth-order valence-electron chi connectivity index (χ4n) is 2.67. The van der Waals surface area contributed by atoms with Gasteiger partial charge < -0.3 is 4.90 Å². The first-order valence-corrected chi connectivity index (χ1v) is 6.57. The Morgan fingerprint density at radius 3 is 2.63 bits per heavy atom. The van der Waals surface area contributed by atoms with Crippen molar-refractivity contribution >= 4 is 28.2 Å². The quantitative estimate of drug-likeness (QED) is 0.839. The van der Waals surface area contributed by atoms with Crippen LogP contribution in [0.15, 0.2) is 36.4 Å². The van der Waals surface area contributed by atoms with Gasteiger partial charge in [-0.3, -0.25) is 9.59 Å². The summed E-state index contributed by atoms with van der Waals surface area (Å²) >= 11 is 0. The first-order chi connectivity index (χ1) is 9.22. The lowest BCUT2D eigenvalue weighted by molar-refractivity contribution is -0.117. The van der Waals surface area contributed by atoms with Gasteiger partial charge in [0, 0.05) is 17.4 Å². The highest BCUT2D eigenvalue weighted by Crippen LogP contribution is 2.36. The average Bonchev–Trinajstić information content (AvgIpc) is 2.68. The van der Waals surface area contributed by atoms with Gasteiger partial charge in [-0.15, -0.1) is 0 Å². The van der Waals surface area contributed by atoms with Crippen molar-refractivity contribution in [3.8, 4) is 0 Å². The molecule has 0 N–H and O–H groups in total. The molecular formula is C16H15NO2. The maximum atomic E-state index is 12.4. The minimum atomic E-state index is -0.0590. The number of carbonyl (C=O) groups excluding carboxylic acids is 2. The first kappa shape index (κ1) is 11.9. The van der Waals surface area contributed by atoms with E-state index in [1.165, 1.54) is 0 Å².